The van der Waals surface area contributed by atoms with Crippen LogP contribution in [0.5, 0.6) is 11.5 Å². The van der Waals surface area contributed by atoms with Crippen molar-refractivity contribution in [3.05, 3.63) is 32.8 Å². The van der Waals surface area contributed by atoms with Crippen molar-refractivity contribution in [3.8, 4) is 11.5 Å². The van der Waals surface area contributed by atoms with Crippen LogP contribution in [-0.4, -0.2) is 34.8 Å². The number of aromatic nitrogens is 3. The summed E-state index contributed by atoms with van der Waals surface area (Å²) in [6.45, 7) is 2.51. The van der Waals surface area contributed by atoms with E-state index in [0.29, 0.717) is 28.8 Å². The molecule has 0 saturated heterocycles. The van der Waals surface area contributed by atoms with Crippen molar-refractivity contribution in [1.29, 1.82) is 0 Å². The Labute approximate surface area is 166 Å². The first kappa shape index (κ1) is 19.1. The highest BCUT2D eigenvalue weighted by Crippen LogP contribution is 2.36. The monoisotopic (exact) mass is 438 g/mol. The number of H-pyrrole nitrogens is 1. The van der Waals surface area contributed by atoms with Crippen molar-refractivity contribution in [1.82, 2.24) is 14.9 Å². The van der Waals surface area contributed by atoms with E-state index < -0.39 is 0 Å². The van der Waals surface area contributed by atoms with Gasteiger partial charge in [-0.15, -0.1) is 0 Å². The molecule has 6 nitrogen and oxygen atoms in total. The van der Waals surface area contributed by atoms with Crippen LogP contribution in [0, 0.1) is 4.77 Å². The third-order valence-electron chi connectivity index (χ3n) is 4.51. The number of hydrogen-bond donors (Lipinski definition) is 1. The number of hydrogen-bond acceptors (Lipinski definition) is 5. The largest absolute Gasteiger partial charge is 0.493 e. The predicted octanol–water partition coefficient (Wildman–Crippen LogP) is 5.04. The summed E-state index contributed by atoms with van der Waals surface area (Å²) in [5.41, 5.74) is 0.884. The summed E-state index contributed by atoms with van der Waals surface area (Å²) in [7, 11) is 1.62. The lowest BCUT2D eigenvalue weighted by molar-refractivity contribution is 0.309. The van der Waals surface area contributed by atoms with Gasteiger partial charge in [-0.05, 0) is 65.6 Å². The number of methoxy groups -OCH3 is 1. The average molecular weight is 439 g/mol. The summed E-state index contributed by atoms with van der Waals surface area (Å²) in [5.74, 6) is 2.68. The summed E-state index contributed by atoms with van der Waals surface area (Å²) >= 11 is 8.90. The third kappa shape index (κ3) is 4.17. The molecule has 1 fully saturated rings. The molecule has 1 N–H and O–H groups in total. The lowest BCUT2D eigenvalue weighted by Crippen LogP contribution is -2.10. The maximum atomic E-state index is 5.63. The molecule has 8 heteroatoms. The SMILES string of the molecule is CCOc1c(Br)cc(/C=N\n2c(C3CCCCC3)n[nH]c2=S)cc1OC. The maximum absolute atomic E-state index is 5.63. The van der Waals surface area contributed by atoms with Gasteiger partial charge in [-0.2, -0.15) is 14.9 Å². The predicted molar refractivity (Wildman–Crippen MR) is 108 cm³/mol. The number of aromatic amines is 1. The highest BCUT2D eigenvalue weighted by molar-refractivity contribution is 9.10. The van der Waals surface area contributed by atoms with E-state index in [0.717, 1.165) is 28.7 Å². The van der Waals surface area contributed by atoms with Crippen LogP contribution in [0.1, 0.15) is 56.3 Å². The van der Waals surface area contributed by atoms with Gasteiger partial charge >= 0.3 is 0 Å². The Balaban J connectivity index is 1.90. The number of rotatable bonds is 6. The summed E-state index contributed by atoms with van der Waals surface area (Å²) < 4.78 is 14.1. The highest BCUT2D eigenvalue weighted by atomic mass is 79.9. The lowest BCUT2D eigenvalue weighted by Gasteiger charge is -2.19. The van der Waals surface area contributed by atoms with Crippen LogP contribution in [0.4, 0.5) is 0 Å². The van der Waals surface area contributed by atoms with Crippen molar-refractivity contribution >= 4 is 34.4 Å². The lowest BCUT2D eigenvalue weighted by atomic mass is 9.89. The quantitative estimate of drug-likeness (QED) is 0.506. The fraction of sp³-hybridized carbons (Fsp3) is 0.500. The van der Waals surface area contributed by atoms with E-state index in [4.69, 9.17) is 21.7 Å². The zero-order valence-electron chi connectivity index (χ0n) is 15.0. The molecule has 0 aliphatic heterocycles. The van der Waals surface area contributed by atoms with Gasteiger partial charge in [0.2, 0.25) is 4.77 Å². The van der Waals surface area contributed by atoms with E-state index in [2.05, 4.69) is 31.2 Å². The molecule has 2 aromatic rings. The molecule has 26 heavy (non-hydrogen) atoms. The Morgan fingerprint density at radius 1 is 1.38 bits per heavy atom. The van der Waals surface area contributed by atoms with Crippen LogP contribution in [0.25, 0.3) is 0 Å². The van der Waals surface area contributed by atoms with Gasteiger partial charge in [0.1, 0.15) is 0 Å². The van der Waals surface area contributed by atoms with Crippen molar-refractivity contribution in [2.75, 3.05) is 13.7 Å². The van der Waals surface area contributed by atoms with E-state index in [9.17, 15) is 0 Å². The van der Waals surface area contributed by atoms with Gasteiger partial charge in [0.15, 0.2) is 17.3 Å². The van der Waals surface area contributed by atoms with Crippen LogP contribution >= 0.6 is 28.1 Å². The number of nitrogens with zero attached hydrogens (tertiary/aromatic N) is 3. The van der Waals surface area contributed by atoms with Crippen molar-refractivity contribution in [2.45, 2.75) is 44.9 Å². The second-order valence-electron chi connectivity index (χ2n) is 6.25. The number of benzene rings is 1. The molecule has 1 aliphatic carbocycles. The van der Waals surface area contributed by atoms with Gasteiger partial charge in [0.25, 0.3) is 0 Å². The Morgan fingerprint density at radius 2 is 2.15 bits per heavy atom. The van der Waals surface area contributed by atoms with Gasteiger partial charge in [-0.1, -0.05) is 19.3 Å². The van der Waals surface area contributed by atoms with Crippen LogP contribution in [0.2, 0.25) is 0 Å². The minimum absolute atomic E-state index is 0.412. The smallest absolute Gasteiger partial charge is 0.216 e. The molecule has 0 unspecified atom stereocenters. The number of ether oxygens (including phenoxy) is 2. The molecular weight excluding hydrogens is 416 g/mol. The minimum Gasteiger partial charge on any atom is -0.493 e. The molecule has 3 rings (SSSR count). The molecule has 1 aromatic heterocycles. The number of halogens is 1. The van der Waals surface area contributed by atoms with E-state index in [-0.39, 0.29) is 0 Å². The van der Waals surface area contributed by atoms with Crippen LogP contribution in [0.15, 0.2) is 21.7 Å². The van der Waals surface area contributed by atoms with E-state index in [1.165, 1.54) is 19.3 Å². The summed E-state index contributed by atoms with van der Waals surface area (Å²) in [5, 5.41) is 11.9. The van der Waals surface area contributed by atoms with Gasteiger partial charge < -0.3 is 9.47 Å². The summed E-state index contributed by atoms with van der Waals surface area (Å²) in [6.07, 6.45) is 7.80. The molecule has 0 atom stereocenters. The van der Waals surface area contributed by atoms with Crippen LogP contribution < -0.4 is 9.47 Å². The first-order chi connectivity index (χ1) is 12.6. The molecular formula is C18H23BrN4O2S. The van der Waals surface area contributed by atoms with Crippen molar-refractivity contribution in [3.63, 3.8) is 0 Å². The molecule has 1 aromatic carbocycles. The molecule has 1 aliphatic rings. The van der Waals surface area contributed by atoms with Crippen molar-refractivity contribution < 1.29 is 9.47 Å². The van der Waals surface area contributed by atoms with E-state index in [1.54, 1.807) is 18.0 Å². The first-order valence-corrected chi connectivity index (χ1v) is 10.1. The fourth-order valence-electron chi connectivity index (χ4n) is 3.26. The fourth-order valence-corrected chi connectivity index (χ4v) is 4.02. The van der Waals surface area contributed by atoms with Gasteiger partial charge in [-0.25, -0.2) is 0 Å². The van der Waals surface area contributed by atoms with E-state index in [1.807, 2.05) is 19.1 Å². The topological polar surface area (TPSA) is 64.4 Å². The van der Waals surface area contributed by atoms with Crippen LogP contribution in [0.3, 0.4) is 0 Å². The number of nitrogens with one attached hydrogen (secondary N) is 1. The second-order valence-corrected chi connectivity index (χ2v) is 7.49. The van der Waals surface area contributed by atoms with Gasteiger partial charge in [0, 0.05) is 5.92 Å². The molecule has 0 bridgehead atoms. The molecule has 0 amide bonds. The Kier molecular flexibility index (Phi) is 6.48. The molecule has 140 valence electrons. The Hall–Kier alpha value is -1.67. The zero-order chi connectivity index (χ0) is 18.5. The standard InChI is InChI=1S/C18H23BrN4O2S/c1-3-25-16-14(19)9-12(10-15(16)24-2)11-20-23-17(21-22-18(23)26)13-7-5-4-6-8-13/h9-11,13H,3-8H2,1-2H3,(H,22,26)/b20-11-. The molecule has 1 saturated carbocycles. The first-order valence-electron chi connectivity index (χ1n) is 8.86. The van der Waals surface area contributed by atoms with Crippen molar-refractivity contribution in [2.24, 2.45) is 5.10 Å². The second kappa shape index (κ2) is 8.81. The minimum atomic E-state index is 0.412. The molecule has 0 radical (unpaired) electrons. The molecule has 1 heterocycles. The summed E-state index contributed by atoms with van der Waals surface area (Å²) in [4.78, 5) is 0. The highest BCUT2D eigenvalue weighted by Gasteiger charge is 2.21. The Bertz CT molecular complexity index is 840. The van der Waals surface area contributed by atoms with Crippen LogP contribution in [-0.2, 0) is 0 Å². The maximum Gasteiger partial charge on any atom is 0.216 e. The average Bonchev–Trinajstić information content (AvgIpc) is 3.03. The normalized spacial score (nSPS) is 15.5. The van der Waals surface area contributed by atoms with E-state index >= 15 is 0 Å². The summed E-state index contributed by atoms with van der Waals surface area (Å²) in [6, 6.07) is 3.84. The molecule has 0 spiro atoms. The third-order valence-corrected chi connectivity index (χ3v) is 5.36. The van der Waals surface area contributed by atoms with Gasteiger partial charge in [0.05, 0.1) is 24.4 Å². The zero-order valence-corrected chi connectivity index (χ0v) is 17.4. The Morgan fingerprint density at radius 3 is 2.85 bits per heavy atom. The van der Waals surface area contributed by atoms with Gasteiger partial charge in [-0.3, -0.25) is 5.10 Å².